The van der Waals surface area contributed by atoms with Crippen LogP contribution < -0.4 is 19.7 Å². The highest BCUT2D eigenvalue weighted by atomic mass is 16.5. The van der Waals surface area contributed by atoms with Gasteiger partial charge in [-0.3, -0.25) is 19.3 Å². The molecule has 0 spiro atoms. The van der Waals surface area contributed by atoms with Crippen LogP contribution in [0.4, 0.5) is 11.4 Å². The number of ether oxygens (including phenoxy) is 2. The minimum Gasteiger partial charge on any atom is -0.497 e. The number of amides is 3. The number of rotatable bonds is 5. The average Bonchev–Trinajstić information content (AvgIpc) is 3.48. The Morgan fingerprint density at radius 2 is 1.58 bits per heavy atom. The quantitative estimate of drug-likeness (QED) is 0.749. The van der Waals surface area contributed by atoms with Gasteiger partial charge in [-0.25, -0.2) is 0 Å². The van der Waals surface area contributed by atoms with Gasteiger partial charge >= 0.3 is 0 Å². The van der Waals surface area contributed by atoms with Gasteiger partial charge in [0, 0.05) is 11.6 Å². The fraction of sp³-hybridized carbons (Fsp3) is 0.375. The molecule has 2 aliphatic carbocycles. The van der Waals surface area contributed by atoms with Crippen LogP contribution in [0.1, 0.15) is 29.6 Å². The molecule has 4 atom stereocenters. The standard InChI is InChI=1S/C24H24N2O5/c1-30-17-9-10-18(19(12-17)31-2)25-22(27)13-5-7-16(8-6-13)26-23(28)20-14-3-4-15(11-14)21(20)24(26)29/h5-10,12,14-15,20-21H,3-4,11H2,1-2H3,(H,25,27)/t14-,15-,20-,21-/m0/s1. The summed E-state index contributed by atoms with van der Waals surface area (Å²) in [4.78, 5) is 40.0. The van der Waals surface area contributed by atoms with E-state index in [2.05, 4.69) is 5.32 Å². The lowest BCUT2D eigenvalue weighted by Gasteiger charge is -2.19. The predicted octanol–water partition coefficient (Wildman–Crippen LogP) is 3.49. The van der Waals surface area contributed by atoms with Crippen LogP contribution in [0.2, 0.25) is 0 Å². The molecular weight excluding hydrogens is 396 g/mol. The lowest BCUT2D eigenvalue weighted by atomic mass is 9.81. The van der Waals surface area contributed by atoms with E-state index in [1.807, 2.05) is 0 Å². The zero-order valence-electron chi connectivity index (χ0n) is 17.5. The normalized spacial score (nSPS) is 26.2. The Hall–Kier alpha value is -3.35. The number of hydrogen-bond acceptors (Lipinski definition) is 5. The summed E-state index contributed by atoms with van der Waals surface area (Å²) < 4.78 is 10.5. The summed E-state index contributed by atoms with van der Waals surface area (Å²) in [5, 5.41) is 2.82. The molecular formula is C24H24N2O5. The number of imide groups is 1. The Morgan fingerprint density at radius 1 is 0.935 bits per heavy atom. The largest absolute Gasteiger partial charge is 0.497 e. The zero-order chi connectivity index (χ0) is 21.7. The number of nitrogens with one attached hydrogen (secondary N) is 1. The average molecular weight is 420 g/mol. The van der Waals surface area contributed by atoms with Crippen LogP contribution in [0.3, 0.4) is 0 Å². The van der Waals surface area contributed by atoms with E-state index in [0.29, 0.717) is 40.3 Å². The van der Waals surface area contributed by atoms with E-state index in [0.717, 1.165) is 19.3 Å². The molecule has 3 aliphatic rings. The number of fused-ring (bicyclic) bond motifs is 5. The molecule has 2 saturated carbocycles. The van der Waals surface area contributed by atoms with Crippen molar-refractivity contribution >= 4 is 29.1 Å². The highest BCUT2D eigenvalue weighted by molar-refractivity contribution is 6.22. The van der Waals surface area contributed by atoms with Gasteiger partial charge in [-0.05, 0) is 67.5 Å². The minimum absolute atomic E-state index is 0.0811. The monoisotopic (exact) mass is 420 g/mol. The molecule has 1 N–H and O–H groups in total. The van der Waals surface area contributed by atoms with Crippen LogP contribution in [0.5, 0.6) is 11.5 Å². The van der Waals surface area contributed by atoms with Crippen molar-refractivity contribution in [3.05, 3.63) is 48.0 Å². The van der Waals surface area contributed by atoms with Crippen molar-refractivity contribution in [1.29, 1.82) is 0 Å². The van der Waals surface area contributed by atoms with Gasteiger partial charge in [0.2, 0.25) is 11.8 Å². The minimum atomic E-state index is -0.316. The van der Waals surface area contributed by atoms with Crippen LogP contribution >= 0.6 is 0 Å². The molecule has 0 radical (unpaired) electrons. The van der Waals surface area contributed by atoms with E-state index in [4.69, 9.17) is 9.47 Å². The molecule has 0 aromatic heterocycles. The molecule has 31 heavy (non-hydrogen) atoms. The molecule has 1 saturated heterocycles. The van der Waals surface area contributed by atoms with Gasteiger partial charge in [0.1, 0.15) is 11.5 Å². The Balaban J connectivity index is 1.33. The third-order valence-corrected chi connectivity index (χ3v) is 6.97. The topological polar surface area (TPSA) is 84.9 Å². The van der Waals surface area contributed by atoms with Gasteiger partial charge in [-0.2, -0.15) is 0 Å². The fourth-order valence-corrected chi connectivity index (χ4v) is 5.52. The maximum Gasteiger partial charge on any atom is 0.255 e. The van der Waals surface area contributed by atoms with Crippen molar-refractivity contribution < 1.29 is 23.9 Å². The second-order valence-electron chi connectivity index (χ2n) is 8.46. The van der Waals surface area contributed by atoms with Crippen molar-refractivity contribution in [2.75, 3.05) is 24.4 Å². The number of carbonyl (C=O) groups is 3. The zero-order valence-corrected chi connectivity index (χ0v) is 17.5. The van der Waals surface area contributed by atoms with Crippen molar-refractivity contribution in [3.8, 4) is 11.5 Å². The molecule has 0 unspecified atom stereocenters. The molecule has 7 nitrogen and oxygen atoms in total. The molecule has 1 aliphatic heterocycles. The second-order valence-corrected chi connectivity index (χ2v) is 8.46. The first-order valence-corrected chi connectivity index (χ1v) is 10.5. The van der Waals surface area contributed by atoms with Crippen LogP contribution in [0.15, 0.2) is 42.5 Å². The molecule has 7 heteroatoms. The summed E-state index contributed by atoms with van der Waals surface area (Å²) in [7, 11) is 3.08. The fourth-order valence-electron chi connectivity index (χ4n) is 5.52. The van der Waals surface area contributed by atoms with Crippen LogP contribution in [0, 0.1) is 23.7 Å². The van der Waals surface area contributed by atoms with Crippen molar-refractivity contribution in [2.45, 2.75) is 19.3 Å². The van der Waals surface area contributed by atoms with Gasteiger partial charge in [-0.1, -0.05) is 0 Å². The lowest BCUT2D eigenvalue weighted by Crippen LogP contribution is -2.32. The molecule has 160 valence electrons. The van der Waals surface area contributed by atoms with Gasteiger partial charge in [-0.15, -0.1) is 0 Å². The molecule has 2 bridgehead atoms. The molecule has 3 fully saturated rings. The van der Waals surface area contributed by atoms with Crippen LogP contribution in [-0.4, -0.2) is 31.9 Å². The van der Waals surface area contributed by atoms with Gasteiger partial charge < -0.3 is 14.8 Å². The molecule has 1 heterocycles. The highest BCUT2D eigenvalue weighted by Crippen LogP contribution is 2.56. The molecule has 2 aromatic rings. The van der Waals surface area contributed by atoms with Crippen LogP contribution in [0.25, 0.3) is 0 Å². The maximum absolute atomic E-state index is 13.0. The summed E-state index contributed by atoms with van der Waals surface area (Å²) >= 11 is 0. The van der Waals surface area contributed by atoms with Crippen LogP contribution in [-0.2, 0) is 9.59 Å². The molecule has 3 amide bonds. The van der Waals surface area contributed by atoms with E-state index in [1.54, 1.807) is 49.6 Å². The third kappa shape index (κ3) is 3.07. The number of hydrogen-bond donors (Lipinski definition) is 1. The Bertz CT molecular complexity index is 1040. The summed E-state index contributed by atoms with van der Waals surface area (Å²) in [6.07, 6.45) is 3.10. The van der Waals surface area contributed by atoms with E-state index >= 15 is 0 Å². The summed E-state index contributed by atoms with van der Waals surface area (Å²) in [5.74, 6) is 1.01. The smallest absolute Gasteiger partial charge is 0.255 e. The van der Waals surface area contributed by atoms with E-state index < -0.39 is 0 Å². The van der Waals surface area contributed by atoms with Crippen molar-refractivity contribution in [3.63, 3.8) is 0 Å². The maximum atomic E-state index is 13.0. The lowest BCUT2D eigenvalue weighted by molar-refractivity contribution is -0.123. The molecule has 2 aromatic carbocycles. The Kier molecular flexibility index (Phi) is 4.68. The Labute approximate surface area is 180 Å². The molecule has 5 rings (SSSR count). The number of nitrogens with zero attached hydrogens (tertiary/aromatic N) is 1. The second kappa shape index (κ2) is 7.41. The van der Waals surface area contributed by atoms with Gasteiger partial charge in [0.05, 0.1) is 37.4 Å². The predicted molar refractivity (Wildman–Crippen MR) is 114 cm³/mol. The van der Waals surface area contributed by atoms with Crippen molar-refractivity contribution in [2.24, 2.45) is 23.7 Å². The number of methoxy groups -OCH3 is 2. The van der Waals surface area contributed by atoms with E-state index in [9.17, 15) is 14.4 Å². The van der Waals surface area contributed by atoms with Crippen molar-refractivity contribution in [1.82, 2.24) is 0 Å². The first-order valence-electron chi connectivity index (χ1n) is 10.5. The third-order valence-electron chi connectivity index (χ3n) is 6.97. The first-order chi connectivity index (χ1) is 15.0. The number of anilines is 2. The SMILES string of the molecule is COc1ccc(NC(=O)c2ccc(N3C(=O)[C@H]4[C@H]5CC[C@@H](C5)[C@@H]4C3=O)cc2)c(OC)c1. The van der Waals surface area contributed by atoms with Gasteiger partial charge in [0.15, 0.2) is 0 Å². The van der Waals surface area contributed by atoms with Gasteiger partial charge in [0.25, 0.3) is 5.91 Å². The number of benzene rings is 2. The number of carbonyl (C=O) groups excluding carboxylic acids is 3. The Morgan fingerprint density at radius 3 is 2.16 bits per heavy atom. The van der Waals surface area contributed by atoms with E-state index in [1.165, 1.54) is 12.0 Å². The van der Waals surface area contributed by atoms with E-state index in [-0.39, 0.29) is 29.6 Å². The highest BCUT2D eigenvalue weighted by Gasteiger charge is 2.61. The summed E-state index contributed by atoms with van der Waals surface area (Å²) in [6, 6.07) is 11.7. The summed E-state index contributed by atoms with van der Waals surface area (Å²) in [5.41, 5.74) is 1.47. The summed E-state index contributed by atoms with van der Waals surface area (Å²) in [6.45, 7) is 0. The first kappa shape index (κ1) is 19.6.